The molecule has 31 heavy (non-hydrogen) atoms. The highest BCUT2D eigenvalue weighted by Gasteiger charge is 2.22. The fourth-order valence-corrected chi connectivity index (χ4v) is 4.78. The van der Waals surface area contributed by atoms with Crippen molar-refractivity contribution in [2.24, 2.45) is 0 Å². The average Bonchev–Trinajstić information content (AvgIpc) is 2.77. The predicted octanol–water partition coefficient (Wildman–Crippen LogP) is 4.54. The molecule has 3 aromatic rings. The number of thioether (sulfide) groups is 1. The van der Waals surface area contributed by atoms with Gasteiger partial charge in [0.1, 0.15) is 5.78 Å². The molecule has 3 aromatic carbocycles. The van der Waals surface area contributed by atoms with Crippen LogP contribution in [0.15, 0.2) is 71.6 Å². The second kappa shape index (κ2) is 11.7. The molecule has 1 unspecified atom stereocenters. The third kappa shape index (κ3) is 6.68. The molecule has 0 saturated heterocycles. The summed E-state index contributed by atoms with van der Waals surface area (Å²) in [5, 5.41) is 8.06. The summed E-state index contributed by atoms with van der Waals surface area (Å²) >= 11 is 1.45. The number of amides is 1. The molecule has 2 N–H and O–H groups in total. The normalized spacial score (nSPS) is 11.9. The van der Waals surface area contributed by atoms with Gasteiger partial charge in [-0.3, -0.25) is 9.59 Å². The molecule has 0 bridgehead atoms. The molecule has 0 radical (unpaired) electrons. The molecule has 0 aliphatic carbocycles. The summed E-state index contributed by atoms with van der Waals surface area (Å²) in [7, 11) is 1.74. The van der Waals surface area contributed by atoms with Crippen LogP contribution in [-0.2, 0) is 16.0 Å². The first-order chi connectivity index (χ1) is 15.1. The molecule has 162 valence electrons. The van der Waals surface area contributed by atoms with Gasteiger partial charge in [-0.15, -0.1) is 11.8 Å². The number of ketones is 1. The lowest BCUT2D eigenvalue weighted by Crippen LogP contribution is -2.36. The van der Waals surface area contributed by atoms with Crippen molar-refractivity contribution < 1.29 is 9.59 Å². The molecule has 1 amide bonds. The van der Waals surface area contributed by atoms with E-state index in [0.717, 1.165) is 17.7 Å². The van der Waals surface area contributed by atoms with Gasteiger partial charge in [-0.2, -0.15) is 0 Å². The van der Waals surface area contributed by atoms with Gasteiger partial charge in [0.25, 0.3) is 0 Å². The van der Waals surface area contributed by atoms with Gasteiger partial charge in [-0.05, 0) is 60.8 Å². The van der Waals surface area contributed by atoms with Crippen LogP contribution in [0.5, 0.6) is 0 Å². The molecule has 0 saturated carbocycles. The fraction of sp³-hybridized carbons (Fsp3) is 0.308. The number of nitrogens with one attached hydrogen (secondary N) is 2. The van der Waals surface area contributed by atoms with E-state index in [1.54, 1.807) is 7.05 Å². The van der Waals surface area contributed by atoms with E-state index in [-0.39, 0.29) is 24.7 Å². The van der Waals surface area contributed by atoms with Gasteiger partial charge in [0.15, 0.2) is 0 Å². The number of benzene rings is 3. The van der Waals surface area contributed by atoms with Gasteiger partial charge in [-0.25, -0.2) is 0 Å². The maximum atomic E-state index is 12.9. The molecule has 0 aliphatic rings. The molecule has 0 aromatic heterocycles. The molecular weight excluding hydrogens is 404 g/mol. The Balaban J connectivity index is 1.57. The maximum Gasteiger partial charge on any atom is 0.233 e. The number of hydrogen-bond acceptors (Lipinski definition) is 4. The zero-order valence-electron chi connectivity index (χ0n) is 18.2. The summed E-state index contributed by atoms with van der Waals surface area (Å²) in [6, 6.07) is 22.6. The molecule has 5 heteroatoms. The molecule has 0 heterocycles. The molecule has 0 fully saturated rings. The van der Waals surface area contributed by atoms with E-state index in [2.05, 4.69) is 54.0 Å². The number of carbonyl (C=O) groups is 2. The quantitative estimate of drug-likeness (QED) is 0.344. The van der Waals surface area contributed by atoms with Crippen LogP contribution >= 0.6 is 11.8 Å². The minimum atomic E-state index is -0.427. The fourth-order valence-electron chi connectivity index (χ4n) is 3.68. The number of fused-ring (bicyclic) bond motifs is 1. The van der Waals surface area contributed by atoms with Crippen molar-refractivity contribution in [1.29, 1.82) is 0 Å². The van der Waals surface area contributed by atoms with Crippen LogP contribution in [0, 0.1) is 6.92 Å². The Bertz CT molecular complexity index is 1020. The number of hydrogen-bond donors (Lipinski definition) is 2. The third-order valence-electron chi connectivity index (χ3n) is 5.25. The zero-order chi connectivity index (χ0) is 22.1. The van der Waals surface area contributed by atoms with Crippen molar-refractivity contribution in [2.75, 3.05) is 20.1 Å². The largest absolute Gasteiger partial charge is 0.355 e. The Morgan fingerprint density at radius 2 is 1.68 bits per heavy atom. The number of rotatable bonds is 11. The highest BCUT2D eigenvalue weighted by Crippen LogP contribution is 2.26. The van der Waals surface area contributed by atoms with E-state index < -0.39 is 5.25 Å². The Kier molecular flexibility index (Phi) is 8.68. The number of carbonyl (C=O) groups excluding carboxylic acids is 2. The summed E-state index contributed by atoms with van der Waals surface area (Å²) in [5.74, 6) is -0.0377. The van der Waals surface area contributed by atoms with E-state index in [1.807, 2.05) is 30.3 Å². The van der Waals surface area contributed by atoms with Crippen LogP contribution in [0.25, 0.3) is 10.8 Å². The molecule has 0 spiro atoms. The lowest BCUT2D eigenvalue weighted by molar-refractivity contribution is -0.124. The molecule has 1 atom stereocenters. The smallest absolute Gasteiger partial charge is 0.233 e. The first kappa shape index (κ1) is 23.0. The topological polar surface area (TPSA) is 58.2 Å². The molecule has 0 aliphatic heterocycles. The Morgan fingerprint density at radius 3 is 2.45 bits per heavy atom. The highest BCUT2D eigenvalue weighted by molar-refractivity contribution is 8.00. The van der Waals surface area contributed by atoms with Crippen LogP contribution < -0.4 is 10.6 Å². The second-order valence-electron chi connectivity index (χ2n) is 7.67. The molecule has 4 nitrogen and oxygen atoms in total. The van der Waals surface area contributed by atoms with Crippen LogP contribution in [-0.4, -0.2) is 37.1 Å². The number of likely N-dealkylation sites (N-methyl/N-ethyl adjacent to an activating group) is 1. The van der Waals surface area contributed by atoms with Crippen molar-refractivity contribution in [3.63, 3.8) is 0 Å². The van der Waals surface area contributed by atoms with Crippen molar-refractivity contribution >= 4 is 34.2 Å². The average molecular weight is 435 g/mol. The molecule has 3 rings (SSSR count). The lowest BCUT2D eigenvalue weighted by atomic mass is 9.98. The van der Waals surface area contributed by atoms with Gasteiger partial charge in [0.2, 0.25) is 5.91 Å². The minimum absolute atomic E-state index is 0.0391. The van der Waals surface area contributed by atoms with Gasteiger partial charge >= 0.3 is 0 Å². The highest BCUT2D eigenvalue weighted by atomic mass is 32.2. The second-order valence-corrected chi connectivity index (χ2v) is 8.95. The summed E-state index contributed by atoms with van der Waals surface area (Å²) in [6.45, 7) is 3.00. The summed E-state index contributed by atoms with van der Waals surface area (Å²) in [4.78, 5) is 26.0. The van der Waals surface area contributed by atoms with Gasteiger partial charge < -0.3 is 10.6 Å². The van der Waals surface area contributed by atoms with Gasteiger partial charge in [0, 0.05) is 17.9 Å². The van der Waals surface area contributed by atoms with E-state index in [4.69, 9.17) is 0 Å². The Labute approximate surface area is 188 Å². The third-order valence-corrected chi connectivity index (χ3v) is 6.46. The lowest BCUT2D eigenvalue weighted by Gasteiger charge is -2.16. The summed E-state index contributed by atoms with van der Waals surface area (Å²) in [6.07, 6.45) is 1.97. The SMILES string of the molecule is CNCC(=O)CC(Sc1ccccc1)C(=O)NCCCc1cccc2c(C)cccc12. The van der Waals surface area contributed by atoms with Crippen LogP contribution in [0.1, 0.15) is 24.0 Å². The van der Waals surface area contributed by atoms with Crippen LogP contribution in [0.3, 0.4) is 0 Å². The van der Waals surface area contributed by atoms with E-state index in [1.165, 1.54) is 33.7 Å². The Hall–Kier alpha value is -2.63. The first-order valence-corrected chi connectivity index (χ1v) is 11.6. The van der Waals surface area contributed by atoms with Crippen molar-refractivity contribution in [2.45, 2.75) is 36.3 Å². The first-order valence-electron chi connectivity index (χ1n) is 10.7. The van der Waals surface area contributed by atoms with Crippen molar-refractivity contribution in [3.05, 3.63) is 77.9 Å². The van der Waals surface area contributed by atoms with Crippen molar-refractivity contribution in [1.82, 2.24) is 10.6 Å². The van der Waals surface area contributed by atoms with Crippen LogP contribution in [0.2, 0.25) is 0 Å². The van der Waals surface area contributed by atoms with Crippen LogP contribution in [0.4, 0.5) is 0 Å². The van der Waals surface area contributed by atoms with E-state index in [0.29, 0.717) is 6.54 Å². The van der Waals surface area contributed by atoms with E-state index >= 15 is 0 Å². The van der Waals surface area contributed by atoms with Gasteiger partial charge in [0.05, 0.1) is 11.8 Å². The minimum Gasteiger partial charge on any atom is -0.355 e. The predicted molar refractivity (Wildman–Crippen MR) is 130 cm³/mol. The number of Topliss-reactive ketones (excluding diaryl/α,β-unsaturated/α-hetero) is 1. The van der Waals surface area contributed by atoms with Crippen molar-refractivity contribution in [3.8, 4) is 0 Å². The summed E-state index contributed by atoms with van der Waals surface area (Å²) in [5.41, 5.74) is 2.58. The molecular formula is C26H30N2O2S. The summed E-state index contributed by atoms with van der Waals surface area (Å²) < 4.78 is 0. The van der Waals surface area contributed by atoms with Gasteiger partial charge in [-0.1, -0.05) is 54.6 Å². The standard InChI is InChI=1S/C26H30N2O2S/c1-19-9-6-15-24-20(10-7-14-23(19)24)11-8-16-28-26(30)25(17-21(29)18-27-2)31-22-12-4-3-5-13-22/h3-7,9-10,12-15,25,27H,8,11,16-18H2,1-2H3,(H,28,30). The Morgan fingerprint density at radius 1 is 0.935 bits per heavy atom. The van der Waals surface area contributed by atoms with E-state index in [9.17, 15) is 9.59 Å². The monoisotopic (exact) mass is 434 g/mol. The number of aryl methyl sites for hydroxylation is 2. The maximum absolute atomic E-state index is 12.9. The zero-order valence-corrected chi connectivity index (χ0v) is 19.0.